The van der Waals surface area contributed by atoms with Crippen LogP contribution in [0.25, 0.3) is 0 Å². The molecular weight excluding hydrogens is 195 g/mol. The van der Waals surface area contributed by atoms with Crippen LogP contribution in [0.4, 0.5) is 4.39 Å². The number of hydrogen-bond acceptors (Lipinski definition) is 1. The standard InChI is InChI=1S/C12H17FO2/c1-2-12(13)8-6-4-3-5-7-10(12)9-11(14)15/h2,6,8,10H,1,3-5,7,9H2,(H,14,15). The van der Waals surface area contributed by atoms with Gasteiger partial charge in [0.05, 0.1) is 6.42 Å². The first-order valence-electron chi connectivity index (χ1n) is 5.30. The third-order valence-electron chi connectivity index (χ3n) is 2.91. The fourth-order valence-electron chi connectivity index (χ4n) is 1.98. The SMILES string of the molecule is C=CC1(F)C=CCCCCC1CC(=O)O. The lowest BCUT2D eigenvalue weighted by molar-refractivity contribution is -0.139. The number of aliphatic carboxylic acids is 1. The van der Waals surface area contributed by atoms with Gasteiger partial charge in [-0.1, -0.05) is 25.2 Å². The second-order valence-corrected chi connectivity index (χ2v) is 4.01. The molecule has 0 heterocycles. The van der Waals surface area contributed by atoms with Gasteiger partial charge in [-0.05, 0) is 25.3 Å². The van der Waals surface area contributed by atoms with Gasteiger partial charge in [-0.25, -0.2) is 4.39 Å². The molecule has 0 radical (unpaired) electrons. The van der Waals surface area contributed by atoms with Crippen LogP contribution < -0.4 is 0 Å². The van der Waals surface area contributed by atoms with Crippen molar-refractivity contribution in [3.05, 3.63) is 24.8 Å². The van der Waals surface area contributed by atoms with Crippen LogP contribution in [0.2, 0.25) is 0 Å². The van der Waals surface area contributed by atoms with Crippen LogP contribution in [0, 0.1) is 5.92 Å². The Labute approximate surface area is 89.5 Å². The highest BCUT2D eigenvalue weighted by Crippen LogP contribution is 2.34. The van der Waals surface area contributed by atoms with Crippen molar-refractivity contribution >= 4 is 5.97 Å². The number of rotatable bonds is 3. The molecule has 0 spiro atoms. The molecule has 84 valence electrons. The van der Waals surface area contributed by atoms with Gasteiger partial charge in [0.25, 0.3) is 0 Å². The topological polar surface area (TPSA) is 37.3 Å². The van der Waals surface area contributed by atoms with Crippen LogP contribution in [0.1, 0.15) is 32.1 Å². The van der Waals surface area contributed by atoms with Crippen molar-refractivity contribution < 1.29 is 14.3 Å². The maximum absolute atomic E-state index is 14.3. The van der Waals surface area contributed by atoms with E-state index in [0.717, 1.165) is 19.3 Å². The summed E-state index contributed by atoms with van der Waals surface area (Å²) in [6.45, 7) is 3.47. The van der Waals surface area contributed by atoms with Gasteiger partial charge in [0.15, 0.2) is 0 Å². The molecule has 0 saturated carbocycles. The molecule has 0 bridgehead atoms. The number of hydrogen-bond donors (Lipinski definition) is 1. The summed E-state index contributed by atoms with van der Waals surface area (Å²) in [5.41, 5.74) is -1.65. The van der Waals surface area contributed by atoms with E-state index in [-0.39, 0.29) is 6.42 Å². The van der Waals surface area contributed by atoms with Gasteiger partial charge in [0.2, 0.25) is 0 Å². The zero-order chi connectivity index (χ0) is 11.3. The van der Waals surface area contributed by atoms with Crippen LogP contribution >= 0.6 is 0 Å². The van der Waals surface area contributed by atoms with E-state index in [4.69, 9.17) is 5.11 Å². The average Bonchev–Trinajstić information content (AvgIpc) is 2.17. The molecule has 2 unspecified atom stereocenters. The minimum Gasteiger partial charge on any atom is -0.481 e. The van der Waals surface area contributed by atoms with Gasteiger partial charge < -0.3 is 5.11 Å². The van der Waals surface area contributed by atoms with Crippen molar-refractivity contribution in [1.82, 2.24) is 0 Å². The molecule has 0 aromatic carbocycles. The number of halogens is 1. The largest absolute Gasteiger partial charge is 0.481 e. The third-order valence-corrected chi connectivity index (χ3v) is 2.91. The lowest BCUT2D eigenvalue weighted by Gasteiger charge is -2.28. The second kappa shape index (κ2) is 5.10. The third kappa shape index (κ3) is 3.18. The van der Waals surface area contributed by atoms with E-state index >= 15 is 0 Å². The molecule has 0 aromatic heterocycles. The van der Waals surface area contributed by atoms with Crippen LogP contribution in [-0.4, -0.2) is 16.7 Å². The number of carboxylic acids is 1. The highest BCUT2D eigenvalue weighted by molar-refractivity contribution is 5.67. The van der Waals surface area contributed by atoms with Gasteiger partial charge in [0, 0.05) is 5.92 Å². The molecule has 1 aliphatic rings. The smallest absolute Gasteiger partial charge is 0.303 e. The molecule has 0 aromatic rings. The van der Waals surface area contributed by atoms with Crippen molar-refractivity contribution in [2.45, 2.75) is 37.8 Å². The molecule has 0 amide bonds. The lowest BCUT2D eigenvalue weighted by Crippen LogP contribution is -2.31. The maximum atomic E-state index is 14.3. The van der Waals surface area contributed by atoms with Gasteiger partial charge >= 0.3 is 5.97 Å². The van der Waals surface area contributed by atoms with Crippen molar-refractivity contribution in [2.75, 3.05) is 0 Å². The first kappa shape index (κ1) is 12.0. The summed E-state index contributed by atoms with van der Waals surface area (Å²) in [5, 5.41) is 8.73. The van der Waals surface area contributed by atoms with Gasteiger partial charge in [-0.2, -0.15) is 0 Å². The molecule has 1 rings (SSSR count). The monoisotopic (exact) mass is 212 g/mol. The van der Waals surface area contributed by atoms with Crippen molar-refractivity contribution in [1.29, 1.82) is 0 Å². The molecule has 2 atom stereocenters. The van der Waals surface area contributed by atoms with Crippen molar-refractivity contribution in [2.24, 2.45) is 5.92 Å². The fourth-order valence-corrected chi connectivity index (χ4v) is 1.98. The van der Waals surface area contributed by atoms with Crippen LogP contribution in [0.15, 0.2) is 24.8 Å². The molecule has 0 saturated heterocycles. The second-order valence-electron chi connectivity index (χ2n) is 4.01. The minimum atomic E-state index is -1.65. The summed E-state index contributed by atoms with van der Waals surface area (Å²) < 4.78 is 14.3. The van der Waals surface area contributed by atoms with E-state index in [1.54, 1.807) is 6.08 Å². The van der Waals surface area contributed by atoms with E-state index in [0.29, 0.717) is 6.42 Å². The number of alkyl halides is 1. The first-order chi connectivity index (χ1) is 7.08. The van der Waals surface area contributed by atoms with E-state index in [2.05, 4.69) is 6.58 Å². The predicted octanol–water partition coefficient (Wildman–Crippen LogP) is 3.10. The summed E-state index contributed by atoms with van der Waals surface area (Å²) in [6.07, 6.45) is 7.69. The Morgan fingerprint density at radius 2 is 2.40 bits per heavy atom. The summed E-state index contributed by atoms with van der Waals surface area (Å²) in [4.78, 5) is 10.6. The van der Waals surface area contributed by atoms with Crippen LogP contribution in [-0.2, 0) is 4.79 Å². The molecule has 1 N–H and O–H groups in total. The Kier molecular flexibility index (Phi) is 4.06. The van der Waals surface area contributed by atoms with Crippen LogP contribution in [0.3, 0.4) is 0 Å². The zero-order valence-electron chi connectivity index (χ0n) is 8.79. The van der Waals surface area contributed by atoms with E-state index in [1.165, 1.54) is 12.2 Å². The molecule has 15 heavy (non-hydrogen) atoms. The average molecular weight is 212 g/mol. The lowest BCUT2D eigenvalue weighted by atomic mass is 9.81. The minimum absolute atomic E-state index is 0.132. The highest BCUT2D eigenvalue weighted by atomic mass is 19.1. The summed E-state index contributed by atoms with van der Waals surface area (Å²) in [6, 6.07) is 0. The van der Waals surface area contributed by atoms with E-state index < -0.39 is 17.6 Å². The normalized spacial score (nSPS) is 31.7. The predicted molar refractivity (Wildman–Crippen MR) is 57.4 cm³/mol. The first-order valence-corrected chi connectivity index (χ1v) is 5.30. The van der Waals surface area contributed by atoms with Crippen molar-refractivity contribution in [3.63, 3.8) is 0 Å². The Morgan fingerprint density at radius 1 is 1.67 bits per heavy atom. The molecule has 0 fully saturated rings. The van der Waals surface area contributed by atoms with Crippen LogP contribution in [0.5, 0.6) is 0 Å². The molecule has 3 heteroatoms. The number of allylic oxidation sites excluding steroid dienone is 3. The number of carbonyl (C=O) groups is 1. The number of carboxylic acid groups (broad SMARTS) is 1. The Balaban J connectivity index is 2.84. The van der Waals surface area contributed by atoms with Gasteiger partial charge in [0.1, 0.15) is 5.67 Å². The maximum Gasteiger partial charge on any atom is 0.303 e. The Hall–Kier alpha value is -1.12. The molecule has 0 aliphatic heterocycles. The Bertz CT molecular complexity index is 273. The Morgan fingerprint density at radius 3 is 3.00 bits per heavy atom. The van der Waals surface area contributed by atoms with E-state index in [1.807, 2.05) is 0 Å². The molecule has 1 aliphatic carbocycles. The molecule has 2 nitrogen and oxygen atoms in total. The summed E-state index contributed by atoms with van der Waals surface area (Å²) in [5.74, 6) is -1.43. The summed E-state index contributed by atoms with van der Waals surface area (Å²) >= 11 is 0. The van der Waals surface area contributed by atoms with E-state index in [9.17, 15) is 9.18 Å². The zero-order valence-corrected chi connectivity index (χ0v) is 8.79. The quantitative estimate of drug-likeness (QED) is 0.730. The highest BCUT2D eigenvalue weighted by Gasteiger charge is 2.35. The summed E-state index contributed by atoms with van der Waals surface area (Å²) in [7, 11) is 0. The molecular formula is C12H17FO2. The fraction of sp³-hybridized carbons (Fsp3) is 0.583. The van der Waals surface area contributed by atoms with Gasteiger partial charge in [-0.3, -0.25) is 4.79 Å². The van der Waals surface area contributed by atoms with Crippen molar-refractivity contribution in [3.8, 4) is 0 Å². The van der Waals surface area contributed by atoms with Gasteiger partial charge in [-0.15, -0.1) is 0 Å².